The lowest BCUT2D eigenvalue weighted by molar-refractivity contribution is -0.180. The fourth-order valence-corrected chi connectivity index (χ4v) is 5.60. The molecule has 184 valence electrons. The summed E-state index contributed by atoms with van der Waals surface area (Å²) >= 11 is 6.50. The van der Waals surface area contributed by atoms with Gasteiger partial charge in [-0.1, -0.05) is 11.6 Å². The molecule has 1 atom stereocenters. The Balaban J connectivity index is 1.57. The van der Waals surface area contributed by atoms with Gasteiger partial charge >= 0.3 is 0 Å². The maximum absolute atomic E-state index is 13.2. The highest BCUT2D eigenvalue weighted by molar-refractivity contribution is 6.31. The van der Waals surface area contributed by atoms with E-state index in [1.807, 2.05) is 32.9 Å². The van der Waals surface area contributed by atoms with Gasteiger partial charge in [-0.05, 0) is 69.9 Å². The number of nitrogens with one attached hydrogen (secondary N) is 2. The van der Waals surface area contributed by atoms with Crippen LogP contribution in [0.1, 0.15) is 65.3 Å². The summed E-state index contributed by atoms with van der Waals surface area (Å²) in [6, 6.07) is 5.77. The summed E-state index contributed by atoms with van der Waals surface area (Å²) < 4.78 is 12.0. The molecule has 2 heterocycles. The number of carbonyl (C=O) groups is 1. The molecule has 1 saturated heterocycles. The largest absolute Gasteiger partial charge is 0.368 e. The molecule has 2 N–H and O–H groups in total. The van der Waals surface area contributed by atoms with E-state index in [0.717, 1.165) is 54.7 Å². The van der Waals surface area contributed by atoms with E-state index in [1.54, 1.807) is 6.07 Å². The van der Waals surface area contributed by atoms with E-state index in [2.05, 4.69) is 22.1 Å². The second-order valence-corrected chi connectivity index (χ2v) is 9.80. The number of amides is 1. The second-order valence-electron chi connectivity index (χ2n) is 9.37. The molecule has 1 aliphatic heterocycles. The predicted molar refractivity (Wildman–Crippen MR) is 134 cm³/mol. The molecule has 4 rings (SSSR count). The zero-order valence-corrected chi connectivity index (χ0v) is 21.2. The first-order valence-electron chi connectivity index (χ1n) is 12.1. The standard InChI is InChI=1S/C26H34ClN3O4/c1-5-30(20-7-6-8-26(14-20)33-9-10-34-26)23-13-19(27)12-21(18(23)4)24(31)28-15-22-16(2)11-17(3)29-25(22)32/h11-13,20H,5-10,14-15H2,1-4H3,(H,28,31)(H,29,32). The number of aryl methyl sites for hydroxylation is 2. The molecule has 1 aliphatic carbocycles. The third-order valence-electron chi connectivity index (χ3n) is 7.06. The Morgan fingerprint density at radius 1 is 1.24 bits per heavy atom. The Hall–Kier alpha value is -2.35. The quantitative estimate of drug-likeness (QED) is 0.631. The van der Waals surface area contributed by atoms with Gasteiger partial charge in [0.15, 0.2) is 5.79 Å². The van der Waals surface area contributed by atoms with E-state index in [4.69, 9.17) is 21.1 Å². The van der Waals surface area contributed by atoms with Gasteiger partial charge in [-0.25, -0.2) is 0 Å². The summed E-state index contributed by atoms with van der Waals surface area (Å²) in [5.41, 5.74) is 4.35. The number of H-pyrrole nitrogens is 1. The number of pyridine rings is 1. The zero-order chi connectivity index (χ0) is 24.5. The molecule has 2 aromatic rings. The lowest BCUT2D eigenvalue weighted by Crippen LogP contribution is -2.47. The van der Waals surface area contributed by atoms with Crippen LogP contribution in [0.15, 0.2) is 23.0 Å². The number of aromatic nitrogens is 1. The number of anilines is 1. The normalized spacial score (nSPS) is 19.4. The van der Waals surface area contributed by atoms with Crippen LogP contribution < -0.4 is 15.8 Å². The van der Waals surface area contributed by atoms with Crippen LogP contribution in [0, 0.1) is 20.8 Å². The maximum Gasteiger partial charge on any atom is 0.253 e. The first kappa shape index (κ1) is 24.8. The average Bonchev–Trinajstić information content (AvgIpc) is 3.22. The van der Waals surface area contributed by atoms with Gasteiger partial charge in [0.2, 0.25) is 0 Å². The lowest BCUT2D eigenvalue weighted by Gasteiger charge is -2.42. The van der Waals surface area contributed by atoms with E-state index in [0.29, 0.717) is 29.4 Å². The topological polar surface area (TPSA) is 83.7 Å². The van der Waals surface area contributed by atoms with Crippen molar-refractivity contribution in [3.63, 3.8) is 0 Å². The van der Waals surface area contributed by atoms with Crippen LogP contribution in [0.2, 0.25) is 5.02 Å². The van der Waals surface area contributed by atoms with Crippen molar-refractivity contribution in [3.8, 4) is 0 Å². The molecule has 1 spiro atoms. The Kier molecular flexibility index (Phi) is 7.36. The van der Waals surface area contributed by atoms with Gasteiger partial charge < -0.3 is 24.7 Å². The van der Waals surface area contributed by atoms with Crippen LogP contribution in [-0.2, 0) is 16.0 Å². The molecule has 1 saturated carbocycles. The Labute approximate surface area is 205 Å². The molecule has 2 fully saturated rings. The first-order valence-corrected chi connectivity index (χ1v) is 12.4. The highest BCUT2D eigenvalue weighted by atomic mass is 35.5. The third-order valence-corrected chi connectivity index (χ3v) is 7.27. The molecule has 1 unspecified atom stereocenters. The summed E-state index contributed by atoms with van der Waals surface area (Å²) in [6.07, 6.45) is 3.77. The second kappa shape index (κ2) is 10.1. The number of hydrogen-bond acceptors (Lipinski definition) is 5. The minimum Gasteiger partial charge on any atom is -0.368 e. The van der Waals surface area contributed by atoms with Crippen LogP contribution in [0.25, 0.3) is 0 Å². The number of benzene rings is 1. The highest BCUT2D eigenvalue weighted by Gasteiger charge is 2.43. The van der Waals surface area contributed by atoms with Gasteiger partial charge in [-0.3, -0.25) is 9.59 Å². The predicted octanol–water partition coefficient (Wildman–Crippen LogP) is 4.40. The van der Waals surface area contributed by atoms with Crippen molar-refractivity contribution < 1.29 is 14.3 Å². The van der Waals surface area contributed by atoms with Gasteiger partial charge in [0.25, 0.3) is 11.5 Å². The van der Waals surface area contributed by atoms with E-state index >= 15 is 0 Å². The van der Waals surface area contributed by atoms with Gasteiger partial charge in [0, 0.05) is 59.5 Å². The lowest BCUT2D eigenvalue weighted by atomic mass is 9.88. The smallest absolute Gasteiger partial charge is 0.253 e. The molecule has 7 nitrogen and oxygen atoms in total. The van der Waals surface area contributed by atoms with Crippen molar-refractivity contribution >= 4 is 23.2 Å². The van der Waals surface area contributed by atoms with Gasteiger partial charge in [0.05, 0.1) is 13.2 Å². The van der Waals surface area contributed by atoms with Gasteiger partial charge in [-0.2, -0.15) is 0 Å². The Morgan fingerprint density at radius 3 is 2.65 bits per heavy atom. The number of ether oxygens (including phenoxy) is 2. The number of aromatic amines is 1. The fraction of sp³-hybridized carbons (Fsp3) is 0.538. The number of rotatable bonds is 6. The first-order chi connectivity index (χ1) is 16.2. The van der Waals surface area contributed by atoms with E-state index in [-0.39, 0.29) is 24.1 Å². The molecule has 2 aliphatic rings. The van der Waals surface area contributed by atoms with Crippen molar-refractivity contribution in [1.82, 2.24) is 10.3 Å². The van der Waals surface area contributed by atoms with Crippen LogP contribution in [0.3, 0.4) is 0 Å². The minimum atomic E-state index is -0.484. The SMILES string of the molecule is CCN(c1cc(Cl)cc(C(=O)NCc2c(C)cc(C)[nH]c2=O)c1C)C1CCCC2(C1)OCCO2. The maximum atomic E-state index is 13.2. The Morgan fingerprint density at radius 2 is 1.97 bits per heavy atom. The van der Waals surface area contributed by atoms with Gasteiger partial charge in [-0.15, -0.1) is 0 Å². The molecular formula is C26H34ClN3O4. The third kappa shape index (κ3) is 5.02. The number of nitrogens with zero attached hydrogens (tertiary/aromatic N) is 1. The average molecular weight is 488 g/mol. The van der Waals surface area contributed by atoms with Crippen LogP contribution >= 0.6 is 11.6 Å². The van der Waals surface area contributed by atoms with E-state index in [1.165, 1.54) is 0 Å². The van der Waals surface area contributed by atoms with Crippen molar-refractivity contribution in [1.29, 1.82) is 0 Å². The number of hydrogen-bond donors (Lipinski definition) is 2. The van der Waals surface area contributed by atoms with Crippen LogP contribution in [0.5, 0.6) is 0 Å². The molecule has 0 radical (unpaired) electrons. The zero-order valence-electron chi connectivity index (χ0n) is 20.4. The molecule has 8 heteroatoms. The molecule has 1 aromatic heterocycles. The summed E-state index contributed by atoms with van der Waals surface area (Å²) in [5, 5.41) is 3.42. The van der Waals surface area contributed by atoms with Crippen molar-refractivity contribution in [2.45, 2.75) is 71.8 Å². The van der Waals surface area contributed by atoms with E-state index < -0.39 is 5.79 Å². The van der Waals surface area contributed by atoms with Crippen molar-refractivity contribution in [2.24, 2.45) is 0 Å². The van der Waals surface area contributed by atoms with E-state index in [9.17, 15) is 9.59 Å². The monoisotopic (exact) mass is 487 g/mol. The highest BCUT2D eigenvalue weighted by Crippen LogP contribution is 2.40. The summed E-state index contributed by atoms with van der Waals surface area (Å²) in [5.74, 6) is -0.735. The van der Waals surface area contributed by atoms with Crippen LogP contribution in [-0.4, -0.2) is 42.5 Å². The molecule has 1 amide bonds. The minimum absolute atomic E-state index is 0.152. The fourth-order valence-electron chi connectivity index (χ4n) is 5.38. The van der Waals surface area contributed by atoms with Crippen molar-refractivity contribution in [3.05, 3.63) is 61.5 Å². The molecule has 1 aromatic carbocycles. The molecule has 34 heavy (non-hydrogen) atoms. The number of carbonyl (C=O) groups excluding carboxylic acids is 1. The summed E-state index contributed by atoms with van der Waals surface area (Å²) in [4.78, 5) is 30.6. The van der Waals surface area contributed by atoms with Gasteiger partial charge in [0.1, 0.15) is 0 Å². The Bertz CT molecular complexity index is 1120. The number of halogens is 1. The summed E-state index contributed by atoms with van der Waals surface area (Å²) in [7, 11) is 0. The van der Waals surface area contributed by atoms with Crippen molar-refractivity contribution in [2.75, 3.05) is 24.7 Å². The molecule has 0 bridgehead atoms. The molecular weight excluding hydrogens is 454 g/mol. The summed E-state index contributed by atoms with van der Waals surface area (Å²) in [6.45, 7) is 10.00. The van der Waals surface area contributed by atoms with Crippen LogP contribution in [0.4, 0.5) is 5.69 Å².